The average Bonchev–Trinajstić information content (AvgIpc) is 3.32. The van der Waals surface area contributed by atoms with Crippen molar-refractivity contribution in [2.24, 2.45) is 58.2 Å². The molecule has 0 heterocycles. The second-order valence-electron chi connectivity index (χ2n) is 17.6. The maximum atomic E-state index is 12.5. The Morgan fingerprint density at radius 3 is 2.24 bits per heavy atom. The largest absolute Gasteiger partial charge is 0.508 e. The molecule has 9 heteroatoms. The van der Waals surface area contributed by atoms with E-state index in [1.165, 1.54) is 57.8 Å². The normalized spacial score (nSPS) is 37.0. The van der Waals surface area contributed by atoms with Crippen LogP contribution in [-0.4, -0.2) is 69.1 Å². The number of ether oxygens (including phenoxy) is 2. The van der Waals surface area contributed by atoms with Gasteiger partial charge in [0.2, 0.25) is 0 Å². The number of rotatable bonds is 15. The highest BCUT2D eigenvalue weighted by Crippen LogP contribution is 2.68. The summed E-state index contributed by atoms with van der Waals surface area (Å²) in [5.74, 6) is 6.43. The van der Waals surface area contributed by atoms with Gasteiger partial charge in [-0.2, -0.15) is 0 Å². The molecule has 268 valence electrons. The quantitative estimate of drug-likeness (QED) is 0.0804. The van der Waals surface area contributed by atoms with Crippen molar-refractivity contribution in [2.45, 2.75) is 125 Å². The van der Waals surface area contributed by atoms with Crippen molar-refractivity contribution in [3.05, 3.63) is 0 Å². The number of phosphoric ester groups is 1. The molecule has 0 amide bonds. The van der Waals surface area contributed by atoms with Crippen molar-refractivity contribution < 1.29 is 37.3 Å². The highest BCUT2D eigenvalue weighted by molar-refractivity contribution is 7.47. The van der Waals surface area contributed by atoms with Crippen LogP contribution in [0.15, 0.2) is 0 Å². The summed E-state index contributed by atoms with van der Waals surface area (Å²) in [6.07, 6.45) is 14.3. The Bertz CT molecular complexity index is 1050. The first-order valence-electron chi connectivity index (χ1n) is 18.7. The highest BCUT2D eigenvalue weighted by atomic mass is 31.2. The van der Waals surface area contributed by atoms with Crippen LogP contribution in [0.4, 0.5) is 4.79 Å². The van der Waals surface area contributed by atoms with E-state index >= 15 is 0 Å². The lowest BCUT2D eigenvalue weighted by Crippen LogP contribution is -2.54. The fourth-order valence-electron chi connectivity index (χ4n) is 10.9. The zero-order chi connectivity index (χ0) is 33.9. The molecule has 0 saturated heterocycles. The van der Waals surface area contributed by atoms with Gasteiger partial charge in [0.1, 0.15) is 25.9 Å². The van der Waals surface area contributed by atoms with Gasteiger partial charge in [0.05, 0.1) is 27.7 Å². The maximum absolute atomic E-state index is 12.5. The first-order chi connectivity index (χ1) is 21.5. The number of carbonyl (C=O) groups excluding carboxylic acids is 1. The zero-order valence-corrected chi connectivity index (χ0v) is 31.7. The second-order valence-corrected chi connectivity index (χ2v) is 19.1. The molecule has 8 nitrogen and oxygen atoms in total. The van der Waals surface area contributed by atoms with E-state index in [2.05, 4.69) is 41.5 Å². The minimum absolute atomic E-state index is 0.0985. The first kappa shape index (κ1) is 38.1. The van der Waals surface area contributed by atoms with Crippen LogP contribution < -0.4 is 0 Å². The topological polar surface area (TPSA) is 91.3 Å². The number of quaternary nitrogens is 1. The van der Waals surface area contributed by atoms with E-state index in [9.17, 15) is 14.3 Å². The lowest BCUT2D eigenvalue weighted by atomic mass is 9.44. The Morgan fingerprint density at radius 1 is 0.891 bits per heavy atom. The van der Waals surface area contributed by atoms with E-state index in [1.54, 1.807) is 0 Å². The predicted molar refractivity (Wildman–Crippen MR) is 183 cm³/mol. The molecule has 4 aliphatic rings. The molecule has 4 fully saturated rings. The summed E-state index contributed by atoms with van der Waals surface area (Å²) >= 11 is 0. The van der Waals surface area contributed by atoms with Crippen LogP contribution in [0, 0.1) is 58.2 Å². The van der Waals surface area contributed by atoms with Gasteiger partial charge < -0.3 is 18.9 Å². The molecule has 4 unspecified atom stereocenters. The summed E-state index contributed by atoms with van der Waals surface area (Å²) in [5, 5.41) is 0. The van der Waals surface area contributed by atoms with Crippen molar-refractivity contribution >= 4 is 14.0 Å². The molecule has 0 bridgehead atoms. The van der Waals surface area contributed by atoms with E-state index in [0.717, 1.165) is 60.7 Å². The summed E-state index contributed by atoms with van der Waals surface area (Å²) in [7, 11) is 1.72. The fourth-order valence-corrected chi connectivity index (χ4v) is 11.6. The van der Waals surface area contributed by atoms with Crippen LogP contribution in [0.3, 0.4) is 0 Å². The molecule has 1 N–H and O–H groups in total. The molecular weight excluding hydrogens is 601 g/mol. The van der Waals surface area contributed by atoms with Gasteiger partial charge in [0.25, 0.3) is 0 Å². The molecule has 11 atom stereocenters. The van der Waals surface area contributed by atoms with Crippen LogP contribution in [0.25, 0.3) is 0 Å². The summed E-state index contributed by atoms with van der Waals surface area (Å²) in [6, 6.07) is 0. The van der Waals surface area contributed by atoms with Crippen LogP contribution in [0.2, 0.25) is 0 Å². The molecule has 0 aromatic rings. The Kier molecular flexibility index (Phi) is 12.8. The molecule has 4 rings (SSSR count). The Balaban J connectivity index is 1.23. The fraction of sp³-hybridized carbons (Fsp3) is 0.973. The number of phosphoric acid groups is 1. The number of nitrogens with zero attached hydrogens (tertiary/aromatic N) is 1. The monoisotopic (exact) mass is 670 g/mol. The second kappa shape index (κ2) is 15.5. The van der Waals surface area contributed by atoms with Crippen molar-refractivity contribution in [1.82, 2.24) is 0 Å². The van der Waals surface area contributed by atoms with E-state index in [4.69, 9.17) is 18.5 Å². The summed E-state index contributed by atoms with van der Waals surface area (Å²) in [4.78, 5) is 22.4. The molecule has 4 aliphatic carbocycles. The highest BCUT2D eigenvalue weighted by Gasteiger charge is 2.60. The van der Waals surface area contributed by atoms with Crippen molar-refractivity contribution in [3.8, 4) is 0 Å². The third kappa shape index (κ3) is 9.11. The van der Waals surface area contributed by atoms with E-state index in [1.807, 2.05) is 21.1 Å². The number of hydrogen-bond donors (Lipinski definition) is 1. The molecule has 4 saturated carbocycles. The minimum Gasteiger partial charge on any atom is -0.432 e. The summed E-state index contributed by atoms with van der Waals surface area (Å²) in [5.41, 5.74) is 0.823. The van der Waals surface area contributed by atoms with Gasteiger partial charge in [0, 0.05) is 0 Å². The van der Waals surface area contributed by atoms with E-state index in [0.29, 0.717) is 27.8 Å². The van der Waals surface area contributed by atoms with Crippen LogP contribution in [0.1, 0.15) is 119 Å². The lowest BCUT2D eigenvalue weighted by Gasteiger charge is -2.61. The number of carbonyl (C=O) groups is 1. The Hall–Kier alpha value is -0.660. The summed E-state index contributed by atoms with van der Waals surface area (Å²) < 4.78 is 33.6. The number of hydrogen-bond acceptors (Lipinski definition) is 6. The van der Waals surface area contributed by atoms with Crippen LogP contribution in [0.5, 0.6) is 0 Å². The Labute approximate surface area is 281 Å². The van der Waals surface area contributed by atoms with Gasteiger partial charge in [-0.15, -0.1) is 0 Å². The molecule has 46 heavy (non-hydrogen) atoms. The molecule has 0 spiro atoms. The van der Waals surface area contributed by atoms with Crippen molar-refractivity contribution in [1.29, 1.82) is 0 Å². The zero-order valence-electron chi connectivity index (χ0n) is 30.8. The van der Waals surface area contributed by atoms with Gasteiger partial charge in [-0.1, -0.05) is 54.4 Å². The first-order valence-corrected chi connectivity index (χ1v) is 20.2. The SMILES string of the molecule is CC[C@H](CC[C@@H](C)[C@H]1CCC2C3CC[C@H]4C[C@@H](OC(=O)OCCOP(=O)(O)OCC[N+](C)(C)C)CC[C@]4(C)C3CC[C@@]21C)C(C)C. The van der Waals surface area contributed by atoms with Crippen molar-refractivity contribution in [2.75, 3.05) is 47.5 Å². The summed E-state index contributed by atoms with van der Waals surface area (Å²) in [6.45, 7) is 15.3. The predicted octanol–water partition coefficient (Wildman–Crippen LogP) is 9.11. The standard InChI is InChI=1S/C37H68NO7P/c1-10-28(26(2)3)12-11-27(4)32-15-16-33-31-14-13-29-25-30(17-19-36(29,5)34(31)18-20-37(32,33)6)45-35(39)42-23-24-44-46(40,41)43-22-21-38(7,8)9/h26-34H,10-25H2,1-9H3/p+1/t27-,28-,29+,30+,31?,32-,33?,34?,36+,37-/m1/s1. The molecule has 0 aromatic carbocycles. The maximum Gasteiger partial charge on any atom is 0.508 e. The molecular formula is C37H69NO7P+. The molecule has 0 aliphatic heterocycles. The van der Waals surface area contributed by atoms with Gasteiger partial charge in [-0.3, -0.25) is 9.05 Å². The van der Waals surface area contributed by atoms with Gasteiger partial charge >= 0.3 is 14.0 Å². The molecule has 0 radical (unpaired) electrons. The van der Waals surface area contributed by atoms with Crippen LogP contribution in [-0.2, 0) is 23.1 Å². The number of fused-ring (bicyclic) bond motifs is 5. The lowest BCUT2D eigenvalue weighted by molar-refractivity contribution is -0.870. The van der Waals surface area contributed by atoms with E-state index < -0.39 is 14.0 Å². The number of likely N-dealkylation sites (N-methyl/N-ethyl adjacent to an activating group) is 1. The molecule has 0 aromatic heterocycles. The third-order valence-electron chi connectivity index (χ3n) is 13.7. The van der Waals surface area contributed by atoms with Gasteiger partial charge in [-0.05, 0) is 122 Å². The smallest absolute Gasteiger partial charge is 0.432 e. The van der Waals surface area contributed by atoms with Crippen LogP contribution >= 0.6 is 7.82 Å². The van der Waals surface area contributed by atoms with Crippen molar-refractivity contribution in [3.63, 3.8) is 0 Å². The van der Waals surface area contributed by atoms with Gasteiger partial charge in [0.15, 0.2) is 0 Å². The minimum atomic E-state index is -4.18. The van der Waals surface area contributed by atoms with E-state index in [-0.39, 0.29) is 25.9 Å². The van der Waals surface area contributed by atoms with Gasteiger partial charge in [-0.25, -0.2) is 9.36 Å². The third-order valence-corrected chi connectivity index (χ3v) is 14.7. The average molecular weight is 671 g/mol. The Morgan fingerprint density at radius 2 is 1.57 bits per heavy atom.